The van der Waals surface area contributed by atoms with Crippen molar-refractivity contribution in [2.24, 2.45) is 11.8 Å². The Kier molecular flexibility index (Phi) is 3.86. The van der Waals surface area contributed by atoms with E-state index in [1.165, 1.54) is 5.56 Å². The molecule has 1 aliphatic rings. The van der Waals surface area contributed by atoms with Gasteiger partial charge < -0.3 is 0 Å². The number of ketones is 1. The molecular formula is C16H23NO. The molecular weight excluding hydrogens is 222 g/mol. The molecule has 0 radical (unpaired) electrons. The molecule has 0 unspecified atom stereocenters. The highest BCUT2D eigenvalue weighted by atomic mass is 16.1. The van der Waals surface area contributed by atoms with Crippen molar-refractivity contribution < 1.29 is 4.79 Å². The van der Waals surface area contributed by atoms with Crippen molar-refractivity contribution in [1.29, 1.82) is 0 Å². The van der Waals surface area contributed by atoms with Crippen molar-refractivity contribution in [3.05, 3.63) is 35.9 Å². The highest BCUT2D eigenvalue weighted by Gasteiger charge is 2.40. The Morgan fingerprint density at radius 3 is 1.94 bits per heavy atom. The van der Waals surface area contributed by atoms with Crippen molar-refractivity contribution in [3.63, 3.8) is 0 Å². The number of rotatable bonds is 2. The van der Waals surface area contributed by atoms with Crippen LogP contribution in [0.15, 0.2) is 30.3 Å². The topological polar surface area (TPSA) is 20.3 Å². The summed E-state index contributed by atoms with van der Waals surface area (Å²) in [6, 6.07) is 11.2. The van der Waals surface area contributed by atoms with Crippen LogP contribution >= 0.6 is 0 Å². The van der Waals surface area contributed by atoms with Crippen molar-refractivity contribution in [3.8, 4) is 0 Å². The second-order valence-electron chi connectivity index (χ2n) is 5.62. The second kappa shape index (κ2) is 5.23. The molecule has 2 nitrogen and oxygen atoms in total. The van der Waals surface area contributed by atoms with Crippen LogP contribution < -0.4 is 0 Å². The molecule has 0 N–H and O–H groups in total. The van der Waals surface area contributed by atoms with Gasteiger partial charge in [0.2, 0.25) is 0 Å². The smallest absolute Gasteiger partial charge is 0.141 e. The van der Waals surface area contributed by atoms with E-state index in [-0.39, 0.29) is 11.8 Å². The van der Waals surface area contributed by atoms with E-state index in [1.807, 2.05) is 6.07 Å². The molecule has 4 atom stereocenters. The van der Waals surface area contributed by atoms with Gasteiger partial charge in [-0.15, -0.1) is 0 Å². The lowest BCUT2D eigenvalue weighted by atomic mass is 9.80. The predicted molar refractivity (Wildman–Crippen MR) is 74.2 cm³/mol. The summed E-state index contributed by atoms with van der Waals surface area (Å²) >= 11 is 0. The summed E-state index contributed by atoms with van der Waals surface area (Å²) < 4.78 is 0. The first-order valence-corrected chi connectivity index (χ1v) is 6.85. The minimum Gasteiger partial charge on any atom is -0.299 e. The molecule has 0 aromatic heterocycles. The number of carbonyl (C=O) groups excluding carboxylic acids is 1. The number of Topliss-reactive ketones (excluding diaryl/α,β-unsaturated/α-hetero) is 1. The Bertz CT molecular complexity index is 396. The van der Waals surface area contributed by atoms with Gasteiger partial charge in [0.15, 0.2) is 0 Å². The molecule has 1 heterocycles. The number of carbonyl (C=O) groups is 1. The van der Waals surface area contributed by atoms with Crippen molar-refractivity contribution in [2.75, 3.05) is 0 Å². The molecule has 98 valence electrons. The minimum absolute atomic E-state index is 0.139. The molecule has 2 rings (SSSR count). The van der Waals surface area contributed by atoms with Crippen molar-refractivity contribution in [1.82, 2.24) is 4.90 Å². The zero-order valence-corrected chi connectivity index (χ0v) is 11.8. The molecule has 18 heavy (non-hydrogen) atoms. The van der Waals surface area contributed by atoms with E-state index >= 15 is 0 Å². The number of benzene rings is 1. The van der Waals surface area contributed by atoms with Gasteiger partial charge in [0.05, 0.1) is 0 Å². The van der Waals surface area contributed by atoms with Crippen molar-refractivity contribution >= 4 is 5.78 Å². The van der Waals surface area contributed by atoms with Gasteiger partial charge in [0, 0.05) is 30.5 Å². The number of hydrogen-bond acceptors (Lipinski definition) is 2. The van der Waals surface area contributed by atoms with E-state index in [2.05, 4.69) is 56.9 Å². The molecule has 0 spiro atoms. The van der Waals surface area contributed by atoms with Gasteiger partial charge in [-0.25, -0.2) is 0 Å². The Balaban J connectivity index is 2.18. The van der Waals surface area contributed by atoms with Crippen LogP contribution in [0, 0.1) is 11.8 Å². The highest BCUT2D eigenvalue weighted by molar-refractivity contribution is 5.84. The van der Waals surface area contributed by atoms with Crippen LogP contribution in [-0.4, -0.2) is 22.8 Å². The lowest BCUT2D eigenvalue weighted by Gasteiger charge is -2.45. The lowest BCUT2D eigenvalue weighted by Crippen LogP contribution is -2.55. The maximum Gasteiger partial charge on any atom is 0.141 e. The van der Waals surface area contributed by atoms with E-state index in [1.54, 1.807) is 0 Å². The molecule has 1 aliphatic heterocycles. The van der Waals surface area contributed by atoms with Crippen LogP contribution in [0.1, 0.15) is 33.3 Å². The fourth-order valence-electron chi connectivity index (χ4n) is 2.92. The molecule has 0 aliphatic carbocycles. The third-order valence-electron chi connectivity index (χ3n) is 4.60. The quantitative estimate of drug-likeness (QED) is 0.798. The zero-order valence-electron chi connectivity index (χ0n) is 11.8. The first-order chi connectivity index (χ1) is 8.52. The Morgan fingerprint density at radius 1 is 0.944 bits per heavy atom. The number of hydrogen-bond donors (Lipinski definition) is 0. The van der Waals surface area contributed by atoms with Crippen LogP contribution in [0.2, 0.25) is 0 Å². The molecule has 2 heteroatoms. The van der Waals surface area contributed by atoms with E-state index in [0.717, 1.165) is 6.54 Å². The SMILES string of the molecule is C[C@@H]1C(=O)[C@H](C)[C@@H](C)N(Cc2ccccc2)[C@@H]1C. The third kappa shape index (κ3) is 2.35. The third-order valence-corrected chi connectivity index (χ3v) is 4.60. The van der Waals surface area contributed by atoms with Gasteiger partial charge in [-0.1, -0.05) is 44.2 Å². The van der Waals surface area contributed by atoms with Crippen molar-refractivity contribution in [2.45, 2.75) is 46.3 Å². The minimum atomic E-state index is 0.139. The molecule has 1 aromatic carbocycles. The van der Waals surface area contributed by atoms with E-state index in [0.29, 0.717) is 17.9 Å². The lowest BCUT2D eigenvalue weighted by molar-refractivity contribution is -0.136. The first-order valence-electron chi connectivity index (χ1n) is 6.85. The fourth-order valence-corrected chi connectivity index (χ4v) is 2.92. The average molecular weight is 245 g/mol. The fraction of sp³-hybridized carbons (Fsp3) is 0.562. The maximum atomic E-state index is 12.1. The monoisotopic (exact) mass is 245 g/mol. The van der Waals surface area contributed by atoms with E-state index in [9.17, 15) is 4.79 Å². The van der Waals surface area contributed by atoms with Gasteiger partial charge >= 0.3 is 0 Å². The summed E-state index contributed by atoms with van der Waals surface area (Å²) in [6.07, 6.45) is 0. The number of nitrogens with zero attached hydrogens (tertiary/aromatic N) is 1. The normalized spacial score (nSPS) is 33.7. The number of likely N-dealkylation sites (tertiary alicyclic amines) is 1. The maximum absolute atomic E-state index is 12.1. The summed E-state index contributed by atoms with van der Waals surface area (Å²) in [5, 5.41) is 0. The van der Waals surface area contributed by atoms with Crippen LogP contribution in [-0.2, 0) is 11.3 Å². The summed E-state index contributed by atoms with van der Waals surface area (Å²) in [7, 11) is 0. The van der Waals surface area contributed by atoms with Crippen LogP contribution in [0.3, 0.4) is 0 Å². The summed E-state index contributed by atoms with van der Waals surface area (Å²) in [5.41, 5.74) is 1.32. The average Bonchev–Trinajstić information content (AvgIpc) is 2.40. The van der Waals surface area contributed by atoms with Gasteiger partial charge in [0.1, 0.15) is 5.78 Å². The van der Waals surface area contributed by atoms with Gasteiger partial charge in [-0.2, -0.15) is 0 Å². The van der Waals surface area contributed by atoms with Gasteiger partial charge in [-0.3, -0.25) is 9.69 Å². The van der Waals surface area contributed by atoms with Crippen LogP contribution in [0.25, 0.3) is 0 Å². The Labute approximate surface area is 110 Å². The standard InChI is InChI=1S/C16H23NO/c1-11-13(3)17(14(4)12(2)16(11)18)10-15-8-6-5-7-9-15/h5-9,11-14H,10H2,1-4H3/t11-,12+,13-,14-/m1/s1. The van der Waals surface area contributed by atoms with E-state index < -0.39 is 0 Å². The molecule has 0 amide bonds. The Hall–Kier alpha value is -1.15. The molecule has 0 saturated carbocycles. The summed E-state index contributed by atoms with van der Waals surface area (Å²) in [5.74, 6) is 0.694. The zero-order chi connectivity index (χ0) is 13.3. The first kappa shape index (κ1) is 13.3. The van der Waals surface area contributed by atoms with Gasteiger partial charge in [0.25, 0.3) is 0 Å². The second-order valence-corrected chi connectivity index (χ2v) is 5.62. The molecule has 1 aromatic rings. The van der Waals surface area contributed by atoms with Crippen LogP contribution in [0.4, 0.5) is 0 Å². The number of piperidine rings is 1. The molecule has 1 saturated heterocycles. The Morgan fingerprint density at radius 2 is 1.44 bits per heavy atom. The summed E-state index contributed by atoms with van der Waals surface area (Å²) in [4.78, 5) is 14.6. The van der Waals surface area contributed by atoms with Crippen LogP contribution in [0.5, 0.6) is 0 Å². The highest BCUT2D eigenvalue weighted by Crippen LogP contribution is 2.30. The van der Waals surface area contributed by atoms with E-state index in [4.69, 9.17) is 0 Å². The predicted octanol–water partition coefficient (Wildman–Crippen LogP) is 3.12. The van der Waals surface area contributed by atoms with Gasteiger partial charge in [-0.05, 0) is 19.4 Å². The largest absolute Gasteiger partial charge is 0.299 e. The molecule has 1 fully saturated rings. The summed E-state index contributed by atoms with van der Waals surface area (Å²) in [6.45, 7) is 9.41. The molecule has 0 bridgehead atoms.